The molecule has 30 heavy (non-hydrogen) atoms. The first-order valence-corrected chi connectivity index (χ1v) is 10.8. The average molecular weight is 424 g/mol. The molecule has 5 N–H and O–H groups in total. The third kappa shape index (κ3) is 5.07. The molecule has 0 aliphatic rings. The number of carboxylic acid groups (broad SMARTS) is 2. The molecule has 0 aromatic heterocycles. The standard InChI is InChI=1S/C22H21N2O5P/c25-19-11-5-6-12-20(19)30(13-23-17-9-3-1-7-15(17)21(26)27)14-24-18-10-4-2-8-16(18)22(28)29/h1-12,23-25H,13-14H2,(H,26,27)(H,28,29). The van der Waals surface area contributed by atoms with Crippen molar-refractivity contribution < 1.29 is 24.9 Å². The van der Waals surface area contributed by atoms with E-state index in [1.54, 1.807) is 48.5 Å². The number of carboxylic acids is 2. The summed E-state index contributed by atoms with van der Waals surface area (Å²) in [4.78, 5) is 22.9. The molecule has 0 saturated heterocycles. The van der Waals surface area contributed by atoms with E-state index in [4.69, 9.17) is 0 Å². The fourth-order valence-electron chi connectivity index (χ4n) is 2.97. The Labute approximate surface area is 174 Å². The molecule has 0 fully saturated rings. The monoisotopic (exact) mass is 424 g/mol. The molecule has 7 nitrogen and oxygen atoms in total. The molecule has 0 amide bonds. The molecular weight excluding hydrogens is 403 g/mol. The van der Waals surface area contributed by atoms with Gasteiger partial charge in [-0.1, -0.05) is 42.5 Å². The van der Waals surface area contributed by atoms with Crippen LogP contribution in [0.2, 0.25) is 0 Å². The molecular formula is C22H21N2O5P. The smallest absolute Gasteiger partial charge is 0.337 e. The number of rotatable bonds is 9. The van der Waals surface area contributed by atoms with Crippen molar-refractivity contribution >= 4 is 36.5 Å². The van der Waals surface area contributed by atoms with Crippen molar-refractivity contribution in [1.82, 2.24) is 0 Å². The van der Waals surface area contributed by atoms with E-state index in [1.807, 2.05) is 12.1 Å². The van der Waals surface area contributed by atoms with E-state index in [9.17, 15) is 24.9 Å². The second-order valence-electron chi connectivity index (χ2n) is 6.40. The number of benzene rings is 3. The van der Waals surface area contributed by atoms with E-state index >= 15 is 0 Å². The molecule has 154 valence electrons. The van der Waals surface area contributed by atoms with Crippen molar-refractivity contribution in [2.45, 2.75) is 0 Å². The van der Waals surface area contributed by atoms with E-state index in [2.05, 4.69) is 10.6 Å². The summed E-state index contributed by atoms with van der Waals surface area (Å²) < 4.78 is 0. The summed E-state index contributed by atoms with van der Waals surface area (Å²) in [5.74, 6) is -1.91. The van der Waals surface area contributed by atoms with Gasteiger partial charge in [0.05, 0.1) is 11.1 Å². The zero-order valence-electron chi connectivity index (χ0n) is 15.9. The zero-order chi connectivity index (χ0) is 21.5. The van der Waals surface area contributed by atoms with Crippen LogP contribution in [-0.2, 0) is 0 Å². The van der Waals surface area contributed by atoms with Crippen LogP contribution in [0.3, 0.4) is 0 Å². The first-order valence-electron chi connectivity index (χ1n) is 9.12. The van der Waals surface area contributed by atoms with Gasteiger partial charge in [0.15, 0.2) is 0 Å². The number of para-hydroxylation sites is 3. The predicted octanol–water partition coefficient (Wildman–Crippen LogP) is 4.04. The van der Waals surface area contributed by atoms with Crippen molar-refractivity contribution in [3.63, 3.8) is 0 Å². The first kappa shape index (κ1) is 21.1. The van der Waals surface area contributed by atoms with Gasteiger partial charge in [-0.05, 0) is 38.3 Å². The summed E-state index contributed by atoms with van der Waals surface area (Å²) in [6, 6.07) is 20.2. The Hall–Kier alpha value is -3.57. The Bertz CT molecular complexity index is 995. The molecule has 3 rings (SSSR count). The highest BCUT2D eigenvalue weighted by molar-refractivity contribution is 7.66. The number of anilines is 2. The van der Waals surface area contributed by atoms with Gasteiger partial charge in [-0.2, -0.15) is 0 Å². The molecule has 0 heterocycles. The van der Waals surface area contributed by atoms with Crippen LogP contribution < -0.4 is 15.9 Å². The molecule has 0 atom stereocenters. The normalized spacial score (nSPS) is 10.6. The van der Waals surface area contributed by atoms with E-state index in [1.165, 1.54) is 12.1 Å². The van der Waals surface area contributed by atoms with Gasteiger partial charge in [0, 0.05) is 29.3 Å². The predicted molar refractivity (Wildman–Crippen MR) is 118 cm³/mol. The van der Waals surface area contributed by atoms with Crippen molar-refractivity contribution in [1.29, 1.82) is 0 Å². The molecule has 3 aromatic rings. The average Bonchev–Trinajstić information content (AvgIpc) is 2.75. The van der Waals surface area contributed by atoms with Crippen LogP contribution in [0.5, 0.6) is 5.75 Å². The van der Waals surface area contributed by atoms with Crippen molar-refractivity contribution in [2.75, 3.05) is 23.2 Å². The Morgan fingerprint density at radius 2 is 1.13 bits per heavy atom. The Morgan fingerprint density at radius 3 is 1.60 bits per heavy atom. The van der Waals surface area contributed by atoms with Gasteiger partial charge in [0.1, 0.15) is 5.75 Å². The minimum atomic E-state index is -1.05. The summed E-state index contributed by atoms with van der Waals surface area (Å²) in [7, 11) is -1.05. The summed E-state index contributed by atoms with van der Waals surface area (Å²) in [6.07, 6.45) is 0.777. The SMILES string of the molecule is O=C(O)c1ccccc1NCP(CNc1ccccc1C(=O)O)c1ccccc1O. The van der Waals surface area contributed by atoms with Crippen LogP contribution in [0.15, 0.2) is 72.8 Å². The molecule has 0 unspecified atom stereocenters. The molecule has 8 heteroatoms. The second-order valence-corrected chi connectivity index (χ2v) is 8.59. The van der Waals surface area contributed by atoms with Crippen molar-refractivity contribution in [3.05, 3.63) is 83.9 Å². The maximum atomic E-state index is 11.5. The molecule has 0 bridgehead atoms. The number of aromatic carboxylic acids is 2. The maximum Gasteiger partial charge on any atom is 0.337 e. The molecule has 3 aromatic carbocycles. The van der Waals surface area contributed by atoms with Gasteiger partial charge in [0.2, 0.25) is 0 Å². The number of aromatic hydroxyl groups is 1. The van der Waals surface area contributed by atoms with Crippen LogP contribution in [-0.4, -0.2) is 39.8 Å². The molecule has 0 aliphatic heterocycles. The zero-order valence-corrected chi connectivity index (χ0v) is 16.8. The lowest BCUT2D eigenvalue weighted by atomic mass is 10.2. The number of carbonyl (C=O) groups is 2. The molecule has 0 spiro atoms. The van der Waals surface area contributed by atoms with Gasteiger partial charge >= 0.3 is 11.9 Å². The van der Waals surface area contributed by atoms with E-state index in [0.717, 1.165) is 5.30 Å². The third-order valence-corrected chi connectivity index (χ3v) is 6.60. The molecule has 0 radical (unpaired) electrons. The quantitative estimate of drug-likeness (QED) is 0.329. The van der Waals surface area contributed by atoms with Gasteiger partial charge in [-0.15, -0.1) is 0 Å². The summed E-state index contributed by atoms with van der Waals surface area (Å²) >= 11 is 0. The van der Waals surface area contributed by atoms with Crippen LogP contribution in [0.4, 0.5) is 11.4 Å². The van der Waals surface area contributed by atoms with E-state index in [-0.39, 0.29) is 16.9 Å². The Balaban J connectivity index is 1.83. The van der Waals surface area contributed by atoms with Gasteiger partial charge in [0.25, 0.3) is 0 Å². The number of hydrogen-bond donors (Lipinski definition) is 5. The summed E-state index contributed by atoms with van der Waals surface area (Å²) in [5, 5.41) is 36.2. The highest BCUT2D eigenvalue weighted by atomic mass is 31.1. The highest BCUT2D eigenvalue weighted by Gasteiger charge is 2.18. The fraction of sp³-hybridized carbons (Fsp3) is 0.0909. The topological polar surface area (TPSA) is 119 Å². The number of phenols is 1. The highest BCUT2D eigenvalue weighted by Crippen LogP contribution is 2.38. The van der Waals surface area contributed by atoms with E-state index in [0.29, 0.717) is 23.9 Å². The molecule has 0 saturated carbocycles. The van der Waals surface area contributed by atoms with Crippen LogP contribution in [0.1, 0.15) is 20.7 Å². The summed E-state index contributed by atoms with van der Waals surface area (Å²) in [6.45, 7) is 0. The Morgan fingerprint density at radius 1 is 0.700 bits per heavy atom. The first-order chi connectivity index (χ1) is 14.5. The van der Waals surface area contributed by atoms with Crippen molar-refractivity contribution in [3.8, 4) is 5.75 Å². The second kappa shape index (κ2) is 9.76. The summed E-state index contributed by atoms with van der Waals surface area (Å²) in [5.41, 5.74) is 1.29. The lowest BCUT2D eigenvalue weighted by Crippen LogP contribution is -2.17. The third-order valence-electron chi connectivity index (χ3n) is 4.46. The van der Waals surface area contributed by atoms with Gasteiger partial charge in [-0.3, -0.25) is 0 Å². The van der Waals surface area contributed by atoms with E-state index < -0.39 is 19.9 Å². The Kier molecular flexibility index (Phi) is 6.88. The van der Waals surface area contributed by atoms with Gasteiger partial charge < -0.3 is 26.0 Å². The number of hydrogen-bond acceptors (Lipinski definition) is 5. The fourth-order valence-corrected chi connectivity index (χ4v) is 4.84. The minimum absolute atomic E-state index is 0.144. The molecule has 0 aliphatic carbocycles. The van der Waals surface area contributed by atoms with Crippen LogP contribution in [0.25, 0.3) is 0 Å². The largest absolute Gasteiger partial charge is 0.507 e. The van der Waals surface area contributed by atoms with Crippen molar-refractivity contribution in [2.24, 2.45) is 0 Å². The minimum Gasteiger partial charge on any atom is -0.507 e. The van der Waals surface area contributed by atoms with Crippen LogP contribution >= 0.6 is 7.92 Å². The lowest BCUT2D eigenvalue weighted by molar-refractivity contribution is 0.0687. The number of phenolic OH excluding ortho intramolecular Hbond substituents is 1. The maximum absolute atomic E-state index is 11.5. The van der Waals surface area contributed by atoms with Gasteiger partial charge in [-0.25, -0.2) is 9.59 Å². The number of nitrogens with one attached hydrogen (secondary N) is 2. The lowest BCUT2D eigenvalue weighted by Gasteiger charge is -2.22. The van der Waals surface area contributed by atoms with Crippen LogP contribution in [0, 0.1) is 0 Å².